The third kappa shape index (κ3) is 1.87. The van der Waals surface area contributed by atoms with Gasteiger partial charge in [0.1, 0.15) is 5.52 Å². The summed E-state index contributed by atoms with van der Waals surface area (Å²) in [6.07, 6.45) is 0. The number of aryl methyl sites for hydroxylation is 3. The normalized spacial score (nSPS) is 11.1. The maximum absolute atomic E-state index is 6.07. The fourth-order valence-corrected chi connectivity index (χ4v) is 2.24. The number of hydrogen-bond acceptors (Lipinski definition) is 3. The van der Waals surface area contributed by atoms with Gasteiger partial charge in [0, 0.05) is 5.56 Å². The van der Waals surface area contributed by atoms with Crippen molar-refractivity contribution in [3.05, 3.63) is 47.0 Å². The van der Waals surface area contributed by atoms with Crippen LogP contribution in [0.5, 0.6) is 0 Å². The highest BCUT2D eigenvalue weighted by Crippen LogP contribution is 2.32. The van der Waals surface area contributed by atoms with E-state index in [-0.39, 0.29) is 0 Å². The molecule has 0 aliphatic rings. The Bertz CT molecular complexity index is 755. The summed E-state index contributed by atoms with van der Waals surface area (Å²) in [4.78, 5) is 4.57. The summed E-state index contributed by atoms with van der Waals surface area (Å²) in [6, 6.07) is 10.2. The maximum Gasteiger partial charge on any atom is 0.227 e. The van der Waals surface area contributed by atoms with Crippen LogP contribution in [-0.2, 0) is 0 Å². The topological polar surface area (TPSA) is 52.0 Å². The van der Waals surface area contributed by atoms with Crippen LogP contribution in [0.3, 0.4) is 0 Å². The van der Waals surface area contributed by atoms with Crippen LogP contribution in [-0.4, -0.2) is 4.98 Å². The number of nitrogens with two attached hydrogens (primary N) is 1. The van der Waals surface area contributed by atoms with Crippen molar-refractivity contribution in [1.29, 1.82) is 0 Å². The molecule has 3 heteroatoms. The first kappa shape index (κ1) is 11.8. The van der Waals surface area contributed by atoms with Crippen LogP contribution >= 0.6 is 0 Å². The smallest absolute Gasteiger partial charge is 0.227 e. The number of oxazole rings is 1. The highest BCUT2D eigenvalue weighted by Gasteiger charge is 2.14. The summed E-state index contributed by atoms with van der Waals surface area (Å²) in [5.41, 5.74) is 12.6. The standard InChI is InChI=1S/C16H16N2O/c1-9-4-6-12(7-5-9)16-18-14-11(3)8-10(2)13(17)15(14)19-16/h4-8H,17H2,1-3H3. The van der Waals surface area contributed by atoms with E-state index in [4.69, 9.17) is 10.2 Å². The molecule has 0 radical (unpaired) electrons. The average molecular weight is 252 g/mol. The molecule has 1 heterocycles. The van der Waals surface area contributed by atoms with Gasteiger partial charge in [-0.25, -0.2) is 4.98 Å². The van der Waals surface area contributed by atoms with Crippen LogP contribution in [0.4, 0.5) is 5.69 Å². The third-order valence-electron chi connectivity index (χ3n) is 3.40. The molecule has 0 spiro atoms. The zero-order chi connectivity index (χ0) is 13.6. The molecule has 0 bridgehead atoms. The van der Waals surface area contributed by atoms with Crippen LogP contribution in [0.1, 0.15) is 16.7 Å². The molecule has 2 aromatic carbocycles. The molecule has 0 unspecified atom stereocenters. The highest BCUT2D eigenvalue weighted by molar-refractivity contribution is 5.90. The summed E-state index contributed by atoms with van der Waals surface area (Å²) < 4.78 is 5.85. The molecule has 0 fully saturated rings. The van der Waals surface area contributed by atoms with Crippen molar-refractivity contribution in [2.24, 2.45) is 0 Å². The fourth-order valence-electron chi connectivity index (χ4n) is 2.24. The molecule has 0 saturated carbocycles. The van der Waals surface area contributed by atoms with E-state index in [0.717, 1.165) is 22.2 Å². The van der Waals surface area contributed by atoms with Gasteiger partial charge < -0.3 is 10.2 Å². The number of nitrogen functional groups attached to an aromatic ring is 1. The summed E-state index contributed by atoms with van der Waals surface area (Å²) in [5.74, 6) is 0.621. The Morgan fingerprint density at radius 3 is 2.37 bits per heavy atom. The predicted molar refractivity (Wildman–Crippen MR) is 78.1 cm³/mol. The van der Waals surface area contributed by atoms with Crippen molar-refractivity contribution < 1.29 is 4.42 Å². The average Bonchev–Trinajstić information content (AvgIpc) is 2.83. The van der Waals surface area contributed by atoms with E-state index in [0.29, 0.717) is 17.2 Å². The molecule has 3 rings (SSSR count). The number of benzene rings is 2. The van der Waals surface area contributed by atoms with E-state index in [2.05, 4.69) is 11.9 Å². The van der Waals surface area contributed by atoms with Crippen molar-refractivity contribution in [3.63, 3.8) is 0 Å². The molecule has 0 aliphatic carbocycles. The van der Waals surface area contributed by atoms with E-state index < -0.39 is 0 Å². The molecule has 3 nitrogen and oxygen atoms in total. The Labute approximate surface area is 112 Å². The van der Waals surface area contributed by atoms with E-state index in [1.807, 2.05) is 44.2 Å². The van der Waals surface area contributed by atoms with Gasteiger partial charge in [0.05, 0.1) is 5.69 Å². The zero-order valence-corrected chi connectivity index (χ0v) is 11.3. The Kier molecular flexibility index (Phi) is 2.56. The molecule has 1 aromatic heterocycles. The lowest BCUT2D eigenvalue weighted by Crippen LogP contribution is -1.91. The van der Waals surface area contributed by atoms with Crippen molar-refractivity contribution >= 4 is 16.8 Å². The molecule has 19 heavy (non-hydrogen) atoms. The quantitative estimate of drug-likeness (QED) is 0.666. The minimum atomic E-state index is 0.621. The second kappa shape index (κ2) is 4.12. The van der Waals surface area contributed by atoms with Gasteiger partial charge in [-0.05, 0) is 44.0 Å². The van der Waals surface area contributed by atoms with Crippen LogP contribution in [0.15, 0.2) is 34.7 Å². The summed E-state index contributed by atoms with van der Waals surface area (Å²) in [5, 5.41) is 0. The monoisotopic (exact) mass is 252 g/mol. The van der Waals surface area contributed by atoms with Gasteiger partial charge in [-0.1, -0.05) is 23.8 Å². The van der Waals surface area contributed by atoms with Crippen molar-refractivity contribution in [2.75, 3.05) is 5.73 Å². The van der Waals surface area contributed by atoms with Gasteiger partial charge in [0.2, 0.25) is 5.89 Å². The van der Waals surface area contributed by atoms with E-state index in [1.54, 1.807) is 0 Å². The first-order valence-corrected chi connectivity index (χ1v) is 6.29. The second-order valence-corrected chi connectivity index (χ2v) is 4.99. The third-order valence-corrected chi connectivity index (χ3v) is 3.40. The predicted octanol–water partition coefficient (Wildman–Crippen LogP) is 4.00. The lowest BCUT2D eigenvalue weighted by atomic mass is 10.1. The van der Waals surface area contributed by atoms with E-state index >= 15 is 0 Å². The van der Waals surface area contributed by atoms with Crippen molar-refractivity contribution in [3.8, 4) is 11.5 Å². The number of hydrogen-bond donors (Lipinski definition) is 1. The summed E-state index contributed by atoms with van der Waals surface area (Å²) >= 11 is 0. The van der Waals surface area contributed by atoms with Crippen LogP contribution < -0.4 is 5.73 Å². The molecule has 0 atom stereocenters. The highest BCUT2D eigenvalue weighted by atomic mass is 16.3. The number of aromatic nitrogens is 1. The number of rotatable bonds is 1. The van der Waals surface area contributed by atoms with Gasteiger partial charge in [-0.3, -0.25) is 0 Å². The maximum atomic E-state index is 6.07. The zero-order valence-electron chi connectivity index (χ0n) is 11.3. The largest absolute Gasteiger partial charge is 0.434 e. The van der Waals surface area contributed by atoms with Gasteiger partial charge in [-0.15, -0.1) is 0 Å². The first-order valence-electron chi connectivity index (χ1n) is 6.29. The molecule has 0 amide bonds. The van der Waals surface area contributed by atoms with E-state index in [9.17, 15) is 0 Å². The molecular formula is C16H16N2O. The Hall–Kier alpha value is -2.29. The van der Waals surface area contributed by atoms with Crippen LogP contribution in [0.25, 0.3) is 22.6 Å². The molecule has 2 N–H and O–H groups in total. The molecule has 3 aromatic rings. The first-order chi connectivity index (χ1) is 9.06. The van der Waals surface area contributed by atoms with Gasteiger partial charge in [-0.2, -0.15) is 0 Å². The van der Waals surface area contributed by atoms with Crippen molar-refractivity contribution in [2.45, 2.75) is 20.8 Å². The molecular weight excluding hydrogens is 236 g/mol. The number of nitrogens with zero attached hydrogens (tertiary/aromatic N) is 1. The lowest BCUT2D eigenvalue weighted by molar-refractivity contribution is 0.621. The van der Waals surface area contributed by atoms with Crippen LogP contribution in [0, 0.1) is 20.8 Å². The Balaban J connectivity index is 2.24. The minimum absolute atomic E-state index is 0.621. The molecule has 0 saturated heterocycles. The second-order valence-electron chi connectivity index (χ2n) is 4.99. The summed E-state index contributed by atoms with van der Waals surface area (Å²) in [7, 11) is 0. The Morgan fingerprint density at radius 2 is 1.68 bits per heavy atom. The molecule has 0 aliphatic heterocycles. The lowest BCUT2D eigenvalue weighted by Gasteiger charge is -2.01. The van der Waals surface area contributed by atoms with Gasteiger partial charge in [0.25, 0.3) is 0 Å². The fraction of sp³-hybridized carbons (Fsp3) is 0.188. The molecule has 96 valence electrons. The van der Waals surface area contributed by atoms with Crippen LogP contribution in [0.2, 0.25) is 0 Å². The number of fused-ring (bicyclic) bond motifs is 1. The van der Waals surface area contributed by atoms with E-state index in [1.165, 1.54) is 5.56 Å². The van der Waals surface area contributed by atoms with Gasteiger partial charge in [0.15, 0.2) is 5.58 Å². The van der Waals surface area contributed by atoms with Gasteiger partial charge >= 0.3 is 0 Å². The minimum Gasteiger partial charge on any atom is -0.434 e. The SMILES string of the molecule is Cc1ccc(-c2nc3c(C)cc(C)c(N)c3o2)cc1. The Morgan fingerprint density at radius 1 is 1.00 bits per heavy atom. The number of anilines is 1. The summed E-state index contributed by atoms with van der Waals surface area (Å²) in [6.45, 7) is 6.06. The van der Waals surface area contributed by atoms with Crippen molar-refractivity contribution in [1.82, 2.24) is 4.98 Å².